The molecule has 0 saturated heterocycles. The van der Waals surface area contributed by atoms with Gasteiger partial charge in [-0.2, -0.15) is 0 Å². The zero-order valence-corrected chi connectivity index (χ0v) is 14.0. The number of likely N-dealkylation sites (N-methyl/N-ethyl adjacent to an activating group) is 1. The minimum Gasteiger partial charge on any atom is -0.457 e. The molecule has 0 aliphatic carbocycles. The summed E-state index contributed by atoms with van der Waals surface area (Å²) in [5.41, 5.74) is 0.314. The highest BCUT2D eigenvalue weighted by Gasteiger charge is 2.16. The van der Waals surface area contributed by atoms with Crippen molar-refractivity contribution in [1.82, 2.24) is 5.32 Å². The van der Waals surface area contributed by atoms with Gasteiger partial charge in [-0.15, -0.1) is 0 Å². The second kappa shape index (κ2) is 13.6. The van der Waals surface area contributed by atoms with Gasteiger partial charge in [0.2, 0.25) is 0 Å². The van der Waals surface area contributed by atoms with Crippen molar-refractivity contribution in [3.63, 3.8) is 0 Å². The SMILES string of the molecule is CNCCOCCOCCOCCOC(=O)C(=O)c1ccccc1. The summed E-state index contributed by atoms with van der Waals surface area (Å²) in [4.78, 5) is 23.3. The first kappa shape index (κ1) is 20.2. The van der Waals surface area contributed by atoms with Crippen molar-refractivity contribution in [2.75, 3.05) is 59.8 Å². The lowest BCUT2D eigenvalue weighted by molar-refractivity contribution is -0.139. The van der Waals surface area contributed by atoms with E-state index in [1.807, 2.05) is 7.05 Å². The second-order valence-corrected chi connectivity index (χ2v) is 4.77. The largest absolute Gasteiger partial charge is 0.457 e. The van der Waals surface area contributed by atoms with Crippen molar-refractivity contribution in [3.8, 4) is 0 Å². The molecule has 0 saturated carbocycles. The Labute approximate surface area is 142 Å². The lowest BCUT2D eigenvalue weighted by Crippen LogP contribution is -2.20. The van der Waals surface area contributed by atoms with Gasteiger partial charge in [0.25, 0.3) is 5.78 Å². The predicted molar refractivity (Wildman–Crippen MR) is 88.1 cm³/mol. The molecule has 1 aromatic carbocycles. The highest BCUT2D eigenvalue weighted by atomic mass is 16.6. The first-order valence-corrected chi connectivity index (χ1v) is 7.90. The third kappa shape index (κ3) is 9.36. The molecule has 0 aliphatic heterocycles. The normalized spacial score (nSPS) is 10.5. The fourth-order valence-corrected chi connectivity index (χ4v) is 1.68. The molecule has 7 nitrogen and oxygen atoms in total. The Morgan fingerprint density at radius 2 is 1.38 bits per heavy atom. The minimum atomic E-state index is -0.875. The van der Waals surface area contributed by atoms with Crippen LogP contribution in [0.25, 0.3) is 0 Å². The molecule has 0 spiro atoms. The number of ketones is 1. The summed E-state index contributed by atoms with van der Waals surface area (Å²) >= 11 is 0. The summed E-state index contributed by atoms with van der Waals surface area (Å²) in [5, 5.41) is 2.98. The molecule has 7 heteroatoms. The van der Waals surface area contributed by atoms with Gasteiger partial charge in [-0.1, -0.05) is 30.3 Å². The molecule has 1 rings (SSSR count). The molecule has 24 heavy (non-hydrogen) atoms. The molecule has 0 heterocycles. The average molecular weight is 339 g/mol. The number of carbonyl (C=O) groups is 2. The van der Waals surface area contributed by atoms with Gasteiger partial charge in [-0.25, -0.2) is 4.79 Å². The van der Waals surface area contributed by atoms with Gasteiger partial charge in [0.05, 0.1) is 39.6 Å². The summed E-state index contributed by atoms with van der Waals surface area (Å²) < 4.78 is 20.7. The average Bonchev–Trinajstić information content (AvgIpc) is 2.62. The van der Waals surface area contributed by atoms with Crippen LogP contribution in [0.15, 0.2) is 30.3 Å². The van der Waals surface area contributed by atoms with Crippen LogP contribution < -0.4 is 5.32 Å². The van der Waals surface area contributed by atoms with Crippen molar-refractivity contribution in [2.24, 2.45) is 0 Å². The number of hydrogen-bond acceptors (Lipinski definition) is 7. The molecule has 1 aromatic rings. The van der Waals surface area contributed by atoms with E-state index in [9.17, 15) is 9.59 Å². The van der Waals surface area contributed by atoms with Crippen molar-refractivity contribution in [3.05, 3.63) is 35.9 Å². The van der Waals surface area contributed by atoms with Gasteiger partial charge >= 0.3 is 5.97 Å². The molecule has 0 unspecified atom stereocenters. The molecular weight excluding hydrogens is 314 g/mol. The molecule has 0 atom stereocenters. The smallest absolute Gasteiger partial charge is 0.379 e. The van der Waals surface area contributed by atoms with Crippen molar-refractivity contribution < 1.29 is 28.5 Å². The van der Waals surface area contributed by atoms with Gasteiger partial charge < -0.3 is 24.3 Å². The number of hydrogen-bond donors (Lipinski definition) is 1. The van der Waals surface area contributed by atoms with Crippen molar-refractivity contribution in [2.45, 2.75) is 0 Å². The number of carbonyl (C=O) groups excluding carboxylic acids is 2. The number of ether oxygens (including phenoxy) is 4. The third-order valence-corrected chi connectivity index (χ3v) is 2.92. The minimum absolute atomic E-state index is 0.0323. The standard InChI is InChI=1S/C17H25NO6/c1-18-7-8-21-9-10-22-11-12-23-13-14-24-17(20)16(19)15-5-3-2-4-6-15/h2-6,18H,7-14H2,1H3. The molecule has 0 aliphatic rings. The van der Waals surface area contributed by atoms with Gasteiger partial charge in [0.15, 0.2) is 0 Å². The molecule has 0 aromatic heterocycles. The molecule has 0 radical (unpaired) electrons. The van der Waals surface area contributed by atoms with E-state index in [-0.39, 0.29) is 13.2 Å². The van der Waals surface area contributed by atoms with Crippen LogP contribution in [0.2, 0.25) is 0 Å². The van der Waals surface area contributed by atoms with E-state index in [2.05, 4.69) is 5.32 Å². The lowest BCUT2D eigenvalue weighted by atomic mass is 10.1. The zero-order valence-electron chi connectivity index (χ0n) is 14.0. The first-order chi connectivity index (χ1) is 11.8. The third-order valence-electron chi connectivity index (χ3n) is 2.92. The van der Waals surface area contributed by atoms with E-state index in [4.69, 9.17) is 18.9 Å². The summed E-state index contributed by atoms with van der Waals surface area (Å²) in [6.07, 6.45) is 0. The number of rotatable bonds is 14. The summed E-state index contributed by atoms with van der Waals surface area (Å²) in [6, 6.07) is 8.29. The van der Waals surface area contributed by atoms with E-state index >= 15 is 0 Å². The number of benzene rings is 1. The molecule has 1 N–H and O–H groups in total. The van der Waals surface area contributed by atoms with Gasteiger partial charge in [-0.05, 0) is 7.05 Å². The number of nitrogens with one attached hydrogen (secondary N) is 1. The number of Topliss-reactive ketones (excluding diaryl/α,β-unsaturated/α-hetero) is 1. The fourth-order valence-electron chi connectivity index (χ4n) is 1.68. The Morgan fingerprint density at radius 1 is 0.833 bits per heavy atom. The summed E-state index contributed by atoms with van der Waals surface area (Å²) in [6.45, 7) is 3.60. The highest BCUT2D eigenvalue weighted by Crippen LogP contribution is 2.01. The second-order valence-electron chi connectivity index (χ2n) is 4.77. The quantitative estimate of drug-likeness (QED) is 0.231. The topological polar surface area (TPSA) is 83.1 Å². The Balaban J connectivity index is 1.93. The van der Waals surface area contributed by atoms with Crippen molar-refractivity contribution >= 4 is 11.8 Å². The van der Waals surface area contributed by atoms with E-state index in [1.165, 1.54) is 0 Å². The van der Waals surface area contributed by atoms with Crippen LogP contribution in [0, 0.1) is 0 Å². The van der Waals surface area contributed by atoms with Crippen LogP contribution in [-0.4, -0.2) is 71.6 Å². The Morgan fingerprint density at radius 3 is 1.96 bits per heavy atom. The Bertz CT molecular complexity index is 465. The van der Waals surface area contributed by atoms with Crippen LogP contribution in [-0.2, 0) is 23.7 Å². The number of esters is 1. The van der Waals surface area contributed by atoms with E-state index in [1.54, 1.807) is 30.3 Å². The highest BCUT2D eigenvalue weighted by molar-refractivity contribution is 6.40. The van der Waals surface area contributed by atoms with Crippen LogP contribution in [0.1, 0.15) is 10.4 Å². The summed E-state index contributed by atoms with van der Waals surface area (Å²) in [7, 11) is 1.87. The van der Waals surface area contributed by atoms with Crippen LogP contribution in [0.4, 0.5) is 0 Å². The summed E-state index contributed by atoms with van der Waals surface area (Å²) in [5.74, 6) is -1.53. The molecule has 0 amide bonds. The fraction of sp³-hybridized carbons (Fsp3) is 0.529. The molecule has 134 valence electrons. The predicted octanol–water partition coefficient (Wildman–Crippen LogP) is 0.682. The lowest BCUT2D eigenvalue weighted by Gasteiger charge is -2.07. The van der Waals surface area contributed by atoms with Gasteiger partial charge in [0, 0.05) is 12.1 Å². The maximum Gasteiger partial charge on any atom is 0.379 e. The Hall–Kier alpha value is -1.80. The van der Waals surface area contributed by atoms with Crippen LogP contribution in [0.3, 0.4) is 0 Å². The Kier molecular flexibility index (Phi) is 11.5. The maximum absolute atomic E-state index is 11.7. The monoisotopic (exact) mass is 339 g/mol. The molecule has 0 bridgehead atoms. The zero-order chi connectivity index (χ0) is 17.5. The van der Waals surface area contributed by atoms with E-state index < -0.39 is 11.8 Å². The van der Waals surface area contributed by atoms with Crippen LogP contribution in [0.5, 0.6) is 0 Å². The van der Waals surface area contributed by atoms with E-state index in [0.717, 1.165) is 6.54 Å². The maximum atomic E-state index is 11.7. The molecular formula is C17H25NO6. The van der Waals surface area contributed by atoms with E-state index in [0.29, 0.717) is 38.6 Å². The molecule has 0 fully saturated rings. The van der Waals surface area contributed by atoms with Gasteiger partial charge in [0.1, 0.15) is 6.61 Å². The van der Waals surface area contributed by atoms with Gasteiger partial charge in [-0.3, -0.25) is 4.79 Å². The van der Waals surface area contributed by atoms with Crippen molar-refractivity contribution in [1.29, 1.82) is 0 Å². The first-order valence-electron chi connectivity index (χ1n) is 7.90. The van der Waals surface area contributed by atoms with Crippen LogP contribution >= 0.6 is 0 Å².